The molecule has 1 aromatic heterocycles. The first kappa shape index (κ1) is 17.9. The summed E-state index contributed by atoms with van der Waals surface area (Å²) in [7, 11) is 0. The molecule has 0 bridgehead atoms. The van der Waals surface area contributed by atoms with Gasteiger partial charge in [0.15, 0.2) is 0 Å². The fourth-order valence-electron chi connectivity index (χ4n) is 2.55. The second kappa shape index (κ2) is 7.16. The molecule has 0 spiro atoms. The first-order valence-corrected chi connectivity index (χ1v) is 7.75. The van der Waals surface area contributed by atoms with Gasteiger partial charge >= 0.3 is 6.18 Å². The minimum Gasteiger partial charge on any atom is -0.378 e. The predicted octanol–water partition coefficient (Wildman–Crippen LogP) is 1.88. The number of carbonyl (C=O) groups excluding carboxylic acids is 1. The van der Waals surface area contributed by atoms with Gasteiger partial charge in [0.2, 0.25) is 0 Å². The van der Waals surface area contributed by atoms with E-state index in [9.17, 15) is 22.8 Å². The quantitative estimate of drug-likeness (QED) is 0.864. The number of hydrogen-bond donors (Lipinski definition) is 2. The van der Waals surface area contributed by atoms with Gasteiger partial charge in [0.05, 0.1) is 30.2 Å². The number of halogens is 3. The molecule has 0 saturated carbocycles. The molecule has 1 aromatic carbocycles. The van der Waals surface area contributed by atoms with Crippen molar-refractivity contribution in [3.05, 3.63) is 51.9 Å². The Kier molecular flexibility index (Phi) is 4.94. The summed E-state index contributed by atoms with van der Waals surface area (Å²) in [5.74, 6) is -0.727. The van der Waals surface area contributed by atoms with Crippen LogP contribution in [0.15, 0.2) is 35.1 Å². The fraction of sp³-hybridized carbons (Fsp3) is 0.312. The Bertz CT molecular complexity index is 840. The average molecular weight is 368 g/mol. The smallest absolute Gasteiger partial charge is 0.378 e. The number of benzene rings is 1. The van der Waals surface area contributed by atoms with E-state index >= 15 is 0 Å². The highest BCUT2D eigenvalue weighted by atomic mass is 19.4. The molecule has 1 aliphatic heterocycles. The summed E-state index contributed by atoms with van der Waals surface area (Å²) < 4.78 is 44.4. The van der Waals surface area contributed by atoms with Crippen LogP contribution >= 0.6 is 0 Å². The van der Waals surface area contributed by atoms with E-state index in [1.165, 1.54) is 12.1 Å². The molecule has 1 aliphatic rings. The second-order valence-electron chi connectivity index (χ2n) is 5.59. The number of nitrogens with one attached hydrogen (secondary N) is 2. The Labute approximate surface area is 145 Å². The summed E-state index contributed by atoms with van der Waals surface area (Å²) in [6.45, 7) is 1.86. The number of alkyl halides is 3. The van der Waals surface area contributed by atoms with Gasteiger partial charge < -0.3 is 15.0 Å². The highest BCUT2D eigenvalue weighted by molar-refractivity contribution is 6.04. The molecule has 7 nitrogen and oxygen atoms in total. The SMILES string of the molecule is O=C(Nc1cc(C(F)(F)F)ccc1N1CCOCC1)c1ccc(=O)[nH]n1. The van der Waals surface area contributed by atoms with Crippen molar-refractivity contribution in [2.24, 2.45) is 0 Å². The van der Waals surface area contributed by atoms with Gasteiger partial charge in [-0.1, -0.05) is 0 Å². The third-order valence-corrected chi connectivity index (χ3v) is 3.84. The molecule has 138 valence electrons. The maximum absolute atomic E-state index is 13.0. The highest BCUT2D eigenvalue weighted by Gasteiger charge is 2.32. The van der Waals surface area contributed by atoms with Gasteiger partial charge in [0.1, 0.15) is 5.69 Å². The van der Waals surface area contributed by atoms with Gasteiger partial charge in [-0.2, -0.15) is 18.3 Å². The maximum Gasteiger partial charge on any atom is 0.416 e. The number of anilines is 2. The normalized spacial score (nSPS) is 15.0. The summed E-state index contributed by atoms with van der Waals surface area (Å²) in [5.41, 5.74) is -1.01. The van der Waals surface area contributed by atoms with Crippen LogP contribution in [0, 0.1) is 0 Å². The molecule has 2 heterocycles. The second-order valence-corrected chi connectivity index (χ2v) is 5.59. The number of carbonyl (C=O) groups is 1. The van der Waals surface area contributed by atoms with Crippen molar-refractivity contribution in [2.45, 2.75) is 6.18 Å². The Hall–Kier alpha value is -2.88. The van der Waals surface area contributed by atoms with E-state index in [4.69, 9.17) is 4.74 Å². The molecule has 0 unspecified atom stereocenters. The monoisotopic (exact) mass is 368 g/mol. The van der Waals surface area contributed by atoms with Gasteiger partial charge in [-0.05, 0) is 24.3 Å². The lowest BCUT2D eigenvalue weighted by Crippen LogP contribution is -2.37. The molecule has 1 saturated heterocycles. The highest BCUT2D eigenvalue weighted by Crippen LogP contribution is 2.35. The van der Waals surface area contributed by atoms with Crippen molar-refractivity contribution in [3.8, 4) is 0 Å². The number of morpholine rings is 1. The Morgan fingerprint density at radius 1 is 1.19 bits per heavy atom. The van der Waals surface area contributed by atoms with Crippen LogP contribution < -0.4 is 15.8 Å². The Morgan fingerprint density at radius 3 is 2.54 bits per heavy atom. The number of amides is 1. The molecule has 0 radical (unpaired) electrons. The minimum atomic E-state index is -4.54. The third kappa shape index (κ3) is 4.02. The number of hydrogen-bond acceptors (Lipinski definition) is 5. The van der Waals surface area contributed by atoms with E-state index in [0.29, 0.717) is 32.0 Å². The third-order valence-electron chi connectivity index (χ3n) is 3.84. The molecule has 1 amide bonds. The van der Waals surface area contributed by atoms with Crippen LogP contribution in [0.4, 0.5) is 24.5 Å². The van der Waals surface area contributed by atoms with Crippen LogP contribution in [0.5, 0.6) is 0 Å². The summed E-state index contributed by atoms with van der Waals surface area (Å²) in [5, 5.41) is 8.14. The number of aromatic nitrogens is 2. The maximum atomic E-state index is 13.0. The number of rotatable bonds is 3. The zero-order chi connectivity index (χ0) is 18.7. The van der Waals surface area contributed by atoms with E-state index in [1.54, 1.807) is 0 Å². The fourth-order valence-corrected chi connectivity index (χ4v) is 2.55. The lowest BCUT2D eigenvalue weighted by Gasteiger charge is -2.31. The van der Waals surface area contributed by atoms with E-state index in [0.717, 1.165) is 18.2 Å². The Balaban J connectivity index is 1.94. The largest absolute Gasteiger partial charge is 0.416 e. The average Bonchev–Trinajstić information content (AvgIpc) is 2.62. The molecule has 26 heavy (non-hydrogen) atoms. The number of nitrogens with zero attached hydrogens (tertiary/aromatic N) is 2. The first-order valence-electron chi connectivity index (χ1n) is 7.75. The molecule has 0 aliphatic carbocycles. The molecular formula is C16H15F3N4O3. The molecule has 3 rings (SSSR count). The van der Waals surface area contributed by atoms with Crippen LogP contribution in [-0.4, -0.2) is 42.4 Å². The standard InChI is InChI=1S/C16H15F3N4O3/c17-16(18,19)10-1-3-13(23-5-7-26-8-6-23)12(9-10)20-15(25)11-2-4-14(24)22-21-11/h1-4,9H,5-8H2,(H,20,25)(H,22,24). The van der Waals surface area contributed by atoms with Gasteiger partial charge in [-0.25, -0.2) is 5.10 Å². The van der Waals surface area contributed by atoms with E-state index in [-0.39, 0.29) is 11.4 Å². The van der Waals surface area contributed by atoms with Gasteiger partial charge in [0.25, 0.3) is 11.5 Å². The van der Waals surface area contributed by atoms with Crippen molar-refractivity contribution < 1.29 is 22.7 Å². The van der Waals surface area contributed by atoms with Gasteiger partial charge in [-0.15, -0.1) is 0 Å². The zero-order valence-electron chi connectivity index (χ0n) is 13.5. The van der Waals surface area contributed by atoms with Crippen molar-refractivity contribution in [1.29, 1.82) is 0 Å². The van der Waals surface area contributed by atoms with Gasteiger partial charge in [-0.3, -0.25) is 9.59 Å². The lowest BCUT2D eigenvalue weighted by molar-refractivity contribution is -0.137. The number of ether oxygens (including phenoxy) is 1. The molecule has 2 N–H and O–H groups in total. The summed E-state index contributed by atoms with van der Waals surface area (Å²) in [6, 6.07) is 5.48. The lowest BCUT2D eigenvalue weighted by atomic mass is 10.1. The Morgan fingerprint density at radius 2 is 1.92 bits per heavy atom. The predicted molar refractivity (Wildman–Crippen MR) is 87.3 cm³/mol. The van der Waals surface area contributed by atoms with Crippen LogP contribution in [0.1, 0.15) is 16.1 Å². The topological polar surface area (TPSA) is 87.3 Å². The molecule has 0 atom stereocenters. The van der Waals surface area contributed by atoms with Crippen molar-refractivity contribution in [2.75, 3.05) is 36.5 Å². The van der Waals surface area contributed by atoms with Crippen LogP contribution in [0.25, 0.3) is 0 Å². The van der Waals surface area contributed by atoms with Crippen molar-refractivity contribution in [1.82, 2.24) is 10.2 Å². The summed E-state index contributed by atoms with van der Waals surface area (Å²) in [4.78, 5) is 25.2. The summed E-state index contributed by atoms with van der Waals surface area (Å²) in [6.07, 6.45) is -4.54. The number of aromatic amines is 1. The molecular weight excluding hydrogens is 353 g/mol. The first-order chi connectivity index (χ1) is 12.3. The zero-order valence-corrected chi connectivity index (χ0v) is 13.5. The van der Waals surface area contributed by atoms with Gasteiger partial charge in [0, 0.05) is 19.2 Å². The van der Waals surface area contributed by atoms with Crippen LogP contribution in [0.2, 0.25) is 0 Å². The summed E-state index contributed by atoms with van der Waals surface area (Å²) >= 11 is 0. The van der Waals surface area contributed by atoms with Crippen LogP contribution in [0.3, 0.4) is 0 Å². The molecule has 10 heteroatoms. The van der Waals surface area contributed by atoms with Crippen molar-refractivity contribution in [3.63, 3.8) is 0 Å². The van der Waals surface area contributed by atoms with Crippen molar-refractivity contribution >= 4 is 17.3 Å². The van der Waals surface area contributed by atoms with Crippen LogP contribution in [-0.2, 0) is 10.9 Å². The molecule has 1 fully saturated rings. The van der Waals surface area contributed by atoms with E-state index in [2.05, 4.69) is 15.5 Å². The van der Waals surface area contributed by atoms with E-state index in [1.807, 2.05) is 4.90 Å². The minimum absolute atomic E-state index is 0.0136. The number of H-pyrrole nitrogens is 1. The van der Waals surface area contributed by atoms with E-state index < -0.39 is 23.2 Å². The molecule has 2 aromatic rings.